The van der Waals surface area contributed by atoms with E-state index >= 15 is 0 Å². The van der Waals surface area contributed by atoms with Crippen LogP contribution in [0.3, 0.4) is 0 Å². The van der Waals surface area contributed by atoms with Gasteiger partial charge in [-0.25, -0.2) is 4.98 Å². The van der Waals surface area contributed by atoms with E-state index in [0.717, 1.165) is 28.1 Å². The van der Waals surface area contributed by atoms with E-state index < -0.39 is 0 Å². The highest BCUT2D eigenvalue weighted by atomic mass is 32.2. The summed E-state index contributed by atoms with van der Waals surface area (Å²) < 4.78 is 2.12. The van der Waals surface area contributed by atoms with E-state index in [0.29, 0.717) is 24.4 Å². The number of nitrogens with one attached hydrogen (secondary N) is 1. The number of carbonyl (C=O) groups excluding carboxylic acids is 1. The van der Waals surface area contributed by atoms with Crippen LogP contribution in [0.1, 0.15) is 55.9 Å². The van der Waals surface area contributed by atoms with E-state index in [1.165, 1.54) is 33.6 Å². The van der Waals surface area contributed by atoms with Crippen LogP contribution in [-0.4, -0.2) is 32.2 Å². The topological polar surface area (TPSA) is 72.7 Å². The standard InChI is InChI=1S/C36H33N5OS2/c1-26-17-19-30(20-18-26)41-33(23-27-11-5-2-6-12-27)39-40-36(41)44-25-34-38-32(24-43-34)35(42)37-22-21-31(28-13-7-3-8-14-28)29-15-9-4-10-16-29/h2-20,24,31H,21-23,25H2,1H3,(H,37,42). The van der Waals surface area contributed by atoms with Crippen molar-refractivity contribution in [3.8, 4) is 5.69 Å². The van der Waals surface area contributed by atoms with Gasteiger partial charge in [-0.3, -0.25) is 9.36 Å². The molecule has 6 aromatic rings. The molecule has 0 aliphatic heterocycles. The fourth-order valence-corrected chi connectivity index (χ4v) is 6.93. The third kappa shape index (κ3) is 7.33. The lowest BCUT2D eigenvalue weighted by molar-refractivity contribution is 0.0948. The first-order valence-corrected chi connectivity index (χ1v) is 16.5. The summed E-state index contributed by atoms with van der Waals surface area (Å²) in [6, 6.07) is 39.6. The van der Waals surface area contributed by atoms with Gasteiger partial charge in [-0.15, -0.1) is 21.5 Å². The first-order chi connectivity index (χ1) is 21.6. The van der Waals surface area contributed by atoms with E-state index in [9.17, 15) is 4.79 Å². The lowest BCUT2D eigenvalue weighted by atomic mass is 9.88. The minimum Gasteiger partial charge on any atom is -0.351 e. The largest absolute Gasteiger partial charge is 0.351 e. The van der Waals surface area contributed by atoms with Crippen molar-refractivity contribution in [2.24, 2.45) is 0 Å². The first kappa shape index (κ1) is 29.5. The zero-order valence-electron chi connectivity index (χ0n) is 24.5. The zero-order valence-corrected chi connectivity index (χ0v) is 26.1. The van der Waals surface area contributed by atoms with Crippen molar-refractivity contribution < 1.29 is 4.79 Å². The van der Waals surface area contributed by atoms with Crippen LogP contribution < -0.4 is 5.32 Å². The molecule has 0 saturated heterocycles. The Labute approximate surface area is 266 Å². The number of rotatable bonds is 12. The van der Waals surface area contributed by atoms with E-state index in [-0.39, 0.29) is 11.8 Å². The number of carbonyl (C=O) groups is 1. The molecule has 1 amide bonds. The summed E-state index contributed by atoms with van der Waals surface area (Å²) >= 11 is 3.07. The zero-order chi connectivity index (χ0) is 30.1. The van der Waals surface area contributed by atoms with Crippen molar-refractivity contribution in [2.75, 3.05) is 6.54 Å². The highest BCUT2D eigenvalue weighted by Crippen LogP contribution is 2.29. The Morgan fingerprint density at radius 3 is 2.14 bits per heavy atom. The van der Waals surface area contributed by atoms with Crippen LogP contribution in [0.5, 0.6) is 0 Å². The van der Waals surface area contributed by atoms with E-state index in [1.54, 1.807) is 11.8 Å². The maximum atomic E-state index is 13.0. The fraction of sp³-hybridized carbons (Fsp3) is 0.167. The third-order valence-corrected chi connectivity index (χ3v) is 9.40. The smallest absolute Gasteiger partial charge is 0.270 e. The molecule has 2 aromatic heterocycles. The number of hydrogen-bond donors (Lipinski definition) is 1. The second-order valence-electron chi connectivity index (χ2n) is 10.6. The van der Waals surface area contributed by atoms with Crippen LogP contribution in [-0.2, 0) is 12.2 Å². The lowest BCUT2D eigenvalue weighted by Gasteiger charge is -2.18. The molecule has 220 valence electrons. The quantitative estimate of drug-likeness (QED) is 0.142. The van der Waals surface area contributed by atoms with Crippen LogP contribution in [0, 0.1) is 6.92 Å². The molecule has 0 saturated carbocycles. The van der Waals surface area contributed by atoms with Crippen LogP contribution in [0.2, 0.25) is 0 Å². The Balaban J connectivity index is 1.10. The van der Waals surface area contributed by atoms with Crippen molar-refractivity contribution in [2.45, 2.75) is 36.6 Å². The van der Waals surface area contributed by atoms with Crippen molar-refractivity contribution in [1.29, 1.82) is 0 Å². The van der Waals surface area contributed by atoms with Gasteiger partial charge in [0.15, 0.2) is 5.16 Å². The molecule has 0 unspecified atom stereocenters. The molecule has 8 heteroatoms. The predicted molar refractivity (Wildman–Crippen MR) is 179 cm³/mol. The van der Waals surface area contributed by atoms with Crippen molar-refractivity contribution in [3.63, 3.8) is 0 Å². The monoisotopic (exact) mass is 615 g/mol. The summed E-state index contributed by atoms with van der Waals surface area (Å²) in [6.45, 7) is 2.64. The average molecular weight is 616 g/mol. The van der Waals surface area contributed by atoms with Gasteiger partial charge in [-0.1, -0.05) is 120 Å². The van der Waals surface area contributed by atoms with E-state index in [4.69, 9.17) is 0 Å². The van der Waals surface area contributed by atoms with Gasteiger partial charge >= 0.3 is 0 Å². The van der Waals surface area contributed by atoms with Crippen molar-refractivity contribution in [1.82, 2.24) is 25.1 Å². The number of thioether (sulfide) groups is 1. The number of thiazole rings is 1. The van der Waals surface area contributed by atoms with Crippen LogP contribution in [0.4, 0.5) is 0 Å². The fourth-order valence-electron chi connectivity index (χ4n) is 5.16. The van der Waals surface area contributed by atoms with Crippen molar-refractivity contribution in [3.05, 3.63) is 159 Å². The molecule has 2 heterocycles. The Hall–Kier alpha value is -4.53. The molecule has 6 rings (SSSR count). The highest BCUT2D eigenvalue weighted by Gasteiger charge is 2.18. The summed E-state index contributed by atoms with van der Waals surface area (Å²) in [5.74, 6) is 1.53. The van der Waals surface area contributed by atoms with E-state index in [2.05, 4.69) is 117 Å². The molecule has 0 aliphatic carbocycles. The van der Waals surface area contributed by atoms with Crippen LogP contribution in [0.15, 0.2) is 126 Å². The number of nitrogens with zero attached hydrogens (tertiary/aromatic N) is 4. The van der Waals surface area contributed by atoms with Gasteiger partial charge in [0, 0.05) is 30.0 Å². The number of hydrogen-bond acceptors (Lipinski definition) is 6. The highest BCUT2D eigenvalue weighted by molar-refractivity contribution is 7.98. The maximum Gasteiger partial charge on any atom is 0.270 e. The number of amides is 1. The Kier molecular flexibility index (Phi) is 9.60. The Bertz CT molecular complexity index is 1750. The molecule has 0 atom stereocenters. The van der Waals surface area contributed by atoms with Crippen LogP contribution in [0.25, 0.3) is 5.69 Å². The minimum absolute atomic E-state index is 0.148. The lowest BCUT2D eigenvalue weighted by Crippen LogP contribution is -2.26. The number of aryl methyl sites for hydroxylation is 1. The SMILES string of the molecule is Cc1ccc(-n2c(Cc3ccccc3)nnc2SCc2nc(C(=O)NCCC(c3ccccc3)c3ccccc3)cs2)cc1. The second-order valence-corrected chi connectivity index (χ2v) is 12.5. The molecular weight excluding hydrogens is 583 g/mol. The normalized spacial score (nSPS) is 11.1. The van der Waals surface area contributed by atoms with Crippen LogP contribution >= 0.6 is 23.1 Å². The summed E-state index contributed by atoms with van der Waals surface area (Å²) in [5.41, 5.74) is 6.34. The minimum atomic E-state index is -0.148. The molecule has 44 heavy (non-hydrogen) atoms. The number of benzene rings is 4. The Morgan fingerprint density at radius 2 is 1.48 bits per heavy atom. The van der Waals surface area contributed by atoms with E-state index in [1.807, 2.05) is 35.7 Å². The third-order valence-electron chi connectivity index (χ3n) is 7.43. The predicted octanol–water partition coefficient (Wildman–Crippen LogP) is 7.87. The number of aromatic nitrogens is 4. The molecule has 1 N–H and O–H groups in total. The van der Waals surface area contributed by atoms with Gasteiger partial charge in [-0.2, -0.15) is 0 Å². The summed E-state index contributed by atoms with van der Waals surface area (Å²) in [5, 5.41) is 15.7. The van der Waals surface area contributed by atoms with Gasteiger partial charge in [0.1, 0.15) is 16.5 Å². The molecule has 6 nitrogen and oxygen atoms in total. The Morgan fingerprint density at radius 1 is 0.841 bits per heavy atom. The van der Waals surface area contributed by atoms with Gasteiger partial charge in [0.25, 0.3) is 5.91 Å². The summed E-state index contributed by atoms with van der Waals surface area (Å²) in [6.07, 6.45) is 1.48. The molecular formula is C36H33N5OS2. The molecule has 0 fully saturated rings. The van der Waals surface area contributed by atoms with Gasteiger partial charge in [0.2, 0.25) is 0 Å². The molecule has 0 aliphatic rings. The molecule has 4 aromatic carbocycles. The first-order valence-electron chi connectivity index (χ1n) is 14.6. The van der Waals surface area contributed by atoms with Gasteiger partial charge in [-0.05, 0) is 42.2 Å². The van der Waals surface area contributed by atoms with Gasteiger partial charge < -0.3 is 5.32 Å². The molecule has 0 bridgehead atoms. The molecule has 0 radical (unpaired) electrons. The maximum absolute atomic E-state index is 13.0. The average Bonchev–Trinajstić information content (AvgIpc) is 3.71. The van der Waals surface area contributed by atoms with Crippen molar-refractivity contribution >= 4 is 29.0 Å². The molecule has 0 spiro atoms. The second kappa shape index (κ2) is 14.3. The summed E-state index contributed by atoms with van der Waals surface area (Å²) in [7, 11) is 0. The summed E-state index contributed by atoms with van der Waals surface area (Å²) in [4.78, 5) is 17.7. The van der Waals surface area contributed by atoms with Gasteiger partial charge in [0.05, 0.1) is 5.75 Å².